The predicted molar refractivity (Wildman–Crippen MR) is 92.2 cm³/mol. The van der Waals surface area contributed by atoms with E-state index in [0.717, 1.165) is 18.6 Å². The number of terminal acetylenes is 1. The standard InChI is InChI=1S/C18H28O2Si/c1-7-14-19-16-10-8-15(9-11-16)17(20-21(5)6)12-13-18(2,3)4/h1,8-11,17,21H,12-14H2,2-6H3. The van der Waals surface area contributed by atoms with Crippen LogP contribution in [0.4, 0.5) is 0 Å². The molecule has 0 heterocycles. The van der Waals surface area contributed by atoms with Gasteiger partial charge in [0.2, 0.25) is 0 Å². The summed E-state index contributed by atoms with van der Waals surface area (Å²) in [6.07, 6.45) is 7.59. The Balaban J connectivity index is 2.75. The second kappa shape index (κ2) is 8.26. The van der Waals surface area contributed by atoms with E-state index < -0.39 is 9.04 Å². The van der Waals surface area contributed by atoms with Gasteiger partial charge in [0, 0.05) is 0 Å². The van der Waals surface area contributed by atoms with Crippen molar-refractivity contribution in [3.05, 3.63) is 29.8 Å². The Morgan fingerprint density at radius 1 is 1.19 bits per heavy atom. The van der Waals surface area contributed by atoms with Gasteiger partial charge < -0.3 is 9.16 Å². The summed E-state index contributed by atoms with van der Waals surface area (Å²) in [4.78, 5) is 0. The second-order valence-electron chi connectivity index (χ2n) is 6.83. The first-order valence-electron chi connectivity index (χ1n) is 7.63. The summed E-state index contributed by atoms with van der Waals surface area (Å²) in [6, 6.07) is 8.13. The minimum absolute atomic E-state index is 0.192. The Hall–Kier alpha value is -1.24. The number of rotatable bonds is 7. The minimum Gasteiger partial charge on any atom is -0.481 e. The van der Waals surface area contributed by atoms with Gasteiger partial charge in [0.1, 0.15) is 12.4 Å². The molecular weight excluding hydrogens is 276 g/mol. The van der Waals surface area contributed by atoms with Crippen LogP contribution in [-0.2, 0) is 4.43 Å². The normalized spacial score (nSPS) is 13.0. The number of hydrogen-bond donors (Lipinski definition) is 0. The second-order valence-corrected chi connectivity index (χ2v) is 9.20. The fourth-order valence-corrected chi connectivity index (χ4v) is 3.06. The molecular formula is C18H28O2Si. The van der Waals surface area contributed by atoms with Crippen molar-refractivity contribution in [1.29, 1.82) is 0 Å². The molecule has 0 saturated heterocycles. The minimum atomic E-state index is -1.07. The third-order valence-corrected chi connectivity index (χ3v) is 4.04. The van der Waals surface area contributed by atoms with Crippen molar-refractivity contribution in [1.82, 2.24) is 0 Å². The summed E-state index contributed by atoms with van der Waals surface area (Å²) in [7, 11) is -1.07. The van der Waals surface area contributed by atoms with Crippen LogP contribution in [0.1, 0.15) is 45.3 Å². The van der Waals surface area contributed by atoms with Gasteiger partial charge in [-0.1, -0.05) is 38.8 Å². The molecule has 21 heavy (non-hydrogen) atoms. The molecule has 116 valence electrons. The summed E-state index contributed by atoms with van der Waals surface area (Å²) in [5, 5.41) is 0. The number of ether oxygens (including phenoxy) is 1. The van der Waals surface area contributed by atoms with E-state index in [1.165, 1.54) is 5.56 Å². The van der Waals surface area contributed by atoms with E-state index in [2.05, 4.69) is 51.9 Å². The molecule has 0 saturated carbocycles. The highest BCUT2D eigenvalue weighted by molar-refractivity contribution is 6.48. The van der Waals surface area contributed by atoms with Crippen molar-refractivity contribution in [2.75, 3.05) is 6.61 Å². The Morgan fingerprint density at radius 3 is 2.29 bits per heavy atom. The van der Waals surface area contributed by atoms with Gasteiger partial charge in [0.15, 0.2) is 9.04 Å². The maximum atomic E-state index is 6.22. The van der Waals surface area contributed by atoms with Gasteiger partial charge in [-0.25, -0.2) is 0 Å². The monoisotopic (exact) mass is 304 g/mol. The SMILES string of the molecule is C#CCOc1ccc(C(CCC(C)(C)C)O[SiH](C)C)cc1. The molecule has 2 nitrogen and oxygen atoms in total. The molecule has 0 aliphatic rings. The van der Waals surface area contributed by atoms with Crippen molar-refractivity contribution in [3.63, 3.8) is 0 Å². The zero-order chi connectivity index (χ0) is 15.9. The maximum absolute atomic E-state index is 6.22. The fourth-order valence-electron chi connectivity index (χ4n) is 2.11. The molecule has 0 aromatic heterocycles. The van der Waals surface area contributed by atoms with Crippen LogP contribution in [0.5, 0.6) is 5.75 Å². The quantitative estimate of drug-likeness (QED) is 0.543. The molecule has 1 unspecified atom stereocenters. The predicted octanol–water partition coefficient (Wildman–Crippen LogP) is 4.57. The summed E-state index contributed by atoms with van der Waals surface area (Å²) in [5.74, 6) is 3.29. The Morgan fingerprint density at radius 2 is 1.81 bits per heavy atom. The molecule has 3 heteroatoms. The Labute approximate surface area is 131 Å². The van der Waals surface area contributed by atoms with Crippen molar-refractivity contribution in [3.8, 4) is 18.1 Å². The van der Waals surface area contributed by atoms with Gasteiger partial charge >= 0.3 is 0 Å². The third-order valence-electron chi connectivity index (χ3n) is 3.17. The van der Waals surface area contributed by atoms with Crippen molar-refractivity contribution >= 4 is 9.04 Å². The lowest BCUT2D eigenvalue weighted by Crippen LogP contribution is -2.16. The average molecular weight is 305 g/mol. The zero-order valence-corrected chi connectivity index (χ0v) is 15.1. The van der Waals surface area contributed by atoms with E-state index >= 15 is 0 Å². The molecule has 0 spiro atoms. The van der Waals surface area contributed by atoms with E-state index in [-0.39, 0.29) is 6.10 Å². The van der Waals surface area contributed by atoms with Gasteiger partial charge in [-0.3, -0.25) is 0 Å². The van der Waals surface area contributed by atoms with Crippen molar-refractivity contribution in [2.45, 2.75) is 52.8 Å². The van der Waals surface area contributed by atoms with Gasteiger partial charge in [-0.15, -0.1) is 6.42 Å². The molecule has 0 amide bonds. The molecule has 1 atom stereocenters. The topological polar surface area (TPSA) is 18.5 Å². The zero-order valence-electron chi connectivity index (χ0n) is 14.0. The largest absolute Gasteiger partial charge is 0.481 e. The van der Waals surface area contributed by atoms with E-state index in [1.54, 1.807) is 0 Å². The Kier molecular flexibility index (Phi) is 7.00. The van der Waals surface area contributed by atoms with E-state index in [9.17, 15) is 0 Å². The highest BCUT2D eigenvalue weighted by Gasteiger charge is 2.18. The molecule has 0 N–H and O–H groups in total. The van der Waals surface area contributed by atoms with Gasteiger partial charge in [-0.05, 0) is 49.0 Å². The van der Waals surface area contributed by atoms with Crippen molar-refractivity contribution in [2.24, 2.45) is 5.41 Å². The molecule has 1 aromatic rings. The van der Waals surface area contributed by atoms with Crippen LogP contribution in [0.2, 0.25) is 13.1 Å². The summed E-state index contributed by atoms with van der Waals surface area (Å²) >= 11 is 0. The highest BCUT2D eigenvalue weighted by Crippen LogP contribution is 2.31. The third kappa shape index (κ3) is 7.36. The van der Waals surface area contributed by atoms with E-state index in [4.69, 9.17) is 15.6 Å². The molecule has 1 aromatic carbocycles. The molecule has 0 aliphatic carbocycles. The van der Waals surface area contributed by atoms with Crippen LogP contribution in [0.15, 0.2) is 24.3 Å². The summed E-state index contributed by atoms with van der Waals surface area (Å²) < 4.78 is 11.6. The highest BCUT2D eigenvalue weighted by atomic mass is 28.3. The van der Waals surface area contributed by atoms with Crippen LogP contribution < -0.4 is 4.74 Å². The Bertz CT molecular complexity index is 452. The van der Waals surface area contributed by atoms with Crippen LogP contribution in [0, 0.1) is 17.8 Å². The first-order chi connectivity index (χ1) is 9.81. The smallest absolute Gasteiger partial charge is 0.171 e. The molecule has 0 aliphatic heterocycles. The van der Waals surface area contributed by atoms with Crippen LogP contribution >= 0.6 is 0 Å². The average Bonchev–Trinajstić information content (AvgIpc) is 2.40. The molecule has 0 bridgehead atoms. The van der Waals surface area contributed by atoms with Crippen molar-refractivity contribution < 1.29 is 9.16 Å². The maximum Gasteiger partial charge on any atom is 0.171 e. The van der Waals surface area contributed by atoms with Crippen LogP contribution in [-0.4, -0.2) is 15.6 Å². The van der Waals surface area contributed by atoms with E-state index in [1.807, 2.05) is 12.1 Å². The summed E-state index contributed by atoms with van der Waals surface area (Å²) in [6.45, 7) is 11.6. The lowest BCUT2D eigenvalue weighted by Gasteiger charge is -2.25. The molecule has 1 rings (SSSR count). The summed E-state index contributed by atoms with van der Waals surface area (Å²) in [5.41, 5.74) is 1.56. The van der Waals surface area contributed by atoms with Crippen LogP contribution in [0.3, 0.4) is 0 Å². The molecule has 0 fully saturated rings. The van der Waals surface area contributed by atoms with Gasteiger partial charge in [0.25, 0.3) is 0 Å². The lowest BCUT2D eigenvalue weighted by molar-refractivity contribution is 0.174. The van der Waals surface area contributed by atoms with E-state index in [0.29, 0.717) is 12.0 Å². The van der Waals surface area contributed by atoms with Gasteiger partial charge in [0.05, 0.1) is 6.10 Å². The first-order valence-corrected chi connectivity index (χ1v) is 10.4. The lowest BCUT2D eigenvalue weighted by atomic mass is 9.88. The number of benzene rings is 1. The first kappa shape index (κ1) is 17.8. The fraction of sp³-hybridized carbons (Fsp3) is 0.556. The molecule has 0 radical (unpaired) electrons. The van der Waals surface area contributed by atoms with Crippen LogP contribution in [0.25, 0.3) is 0 Å². The number of hydrogen-bond acceptors (Lipinski definition) is 2. The van der Waals surface area contributed by atoms with Gasteiger partial charge in [-0.2, -0.15) is 0 Å².